The zero-order valence-electron chi connectivity index (χ0n) is 24.0. The third kappa shape index (κ3) is 7.63. The van der Waals surface area contributed by atoms with Crippen molar-refractivity contribution < 1.29 is 110 Å². The SMILES string of the molecule is O.OC[C@H]1O[C@H](OC[C@H]2O[C@H](OC[C@H]3O[C@H](O[C@]4(CO)O[C@H](CO)[C@@H](O)[C@@H]4O)[C@H](O)[C@@H](O)[C@@H]3O)[C@H](O)[C@@H](O)[C@H]2O)[C@H](O)[C@@H](O)[C@H]1O. The van der Waals surface area contributed by atoms with Gasteiger partial charge in [0.2, 0.25) is 5.79 Å². The highest BCUT2D eigenvalue weighted by atomic mass is 16.8. The maximum absolute atomic E-state index is 10.5. The molecule has 4 aliphatic heterocycles. The molecule has 19 atom stereocenters. The number of aliphatic hydroxyl groups is 14. The van der Waals surface area contributed by atoms with Gasteiger partial charge in [-0.3, -0.25) is 0 Å². The van der Waals surface area contributed by atoms with E-state index < -0.39 is 149 Å². The Morgan fingerprint density at radius 1 is 0.457 bits per heavy atom. The number of ether oxygens (including phenoxy) is 7. The largest absolute Gasteiger partial charge is 0.412 e. The molecule has 46 heavy (non-hydrogen) atoms. The average molecular weight is 685 g/mol. The summed E-state index contributed by atoms with van der Waals surface area (Å²) >= 11 is 0. The van der Waals surface area contributed by atoms with E-state index in [0.717, 1.165) is 0 Å². The topological polar surface area (TPSA) is 379 Å². The molecule has 22 nitrogen and oxygen atoms in total. The number of hydrogen-bond donors (Lipinski definition) is 14. The maximum Gasteiger partial charge on any atom is 0.224 e. The van der Waals surface area contributed by atoms with E-state index in [-0.39, 0.29) is 5.48 Å². The van der Waals surface area contributed by atoms with E-state index in [1.165, 1.54) is 0 Å². The van der Waals surface area contributed by atoms with E-state index in [0.29, 0.717) is 0 Å². The van der Waals surface area contributed by atoms with E-state index >= 15 is 0 Å². The number of hydrogen-bond acceptors (Lipinski definition) is 21. The first-order valence-electron chi connectivity index (χ1n) is 14.1. The van der Waals surface area contributed by atoms with Gasteiger partial charge in [-0.25, -0.2) is 0 Å². The molecule has 0 saturated carbocycles. The number of rotatable bonds is 11. The summed E-state index contributed by atoms with van der Waals surface area (Å²) in [4.78, 5) is 0. The molecule has 0 bridgehead atoms. The van der Waals surface area contributed by atoms with Crippen molar-refractivity contribution >= 4 is 0 Å². The third-order valence-electron chi connectivity index (χ3n) is 8.26. The van der Waals surface area contributed by atoms with Crippen LogP contribution >= 0.6 is 0 Å². The van der Waals surface area contributed by atoms with E-state index in [1.54, 1.807) is 0 Å². The van der Waals surface area contributed by atoms with E-state index in [4.69, 9.17) is 33.2 Å². The summed E-state index contributed by atoms with van der Waals surface area (Å²) in [7, 11) is 0. The van der Waals surface area contributed by atoms with Crippen LogP contribution in [0.5, 0.6) is 0 Å². The normalized spacial score (nSPS) is 51.5. The van der Waals surface area contributed by atoms with Gasteiger partial charge in [0, 0.05) is 0 Å². The molecule has 16 N–H and O–H groups in total. The van der Waals surface area contributed by atoms with Gasteiger partial charge in [-0.1, -0.05) is 0 Å². The Balaban J connectivity index is 0.00000576. The molecule has 4 saturated heterocycles. The van der Waals surface area contributed by atoms with E-state index in [9.17, 15) is 71.5 Å². The van der Waals surface area contributed by atoms with E-state index in [1.807, 2.05) is 0 Å². The fourth-order valence-corrected chi connectivity index (χ4v) is 5.39. The first kappa shape index (κ1) is 39.6. The first-order chi connectivity index (χ1) is 21.2. The van der Waals surface area contributed by atoms with Gasteiger partial charge in [0.05, 0.1) is 26.4 Å². The lowest BCUT2D eigenvalue weighted by molar-refractivity contribution is -0.388. The van der Waals surface area contributed by atoms with Gasteiger partial charge in [-0.05, 0) is 0 Å². The van der Waals surface area contributed by atoms with Crippen LogP contribution in [0.1, 0.15) is 0 Å². The summed E-state index contributed by atoms with van der Waals surface area (Å²) in [6.07, 6.45) is -31.4. The van der Waals surface area contributed by atoms with Crippen molar-refractivity contribution in [3.05, 3.63) is 0 Å². The van der Waals surface area contributed by atoms with Gasteiger partial charge < -0.3 is 110 Å². The van der Waals surface area contributed by atoms with Crippen LogP contribution in [-0.4, -0.2) is 226 Å². The summed E-state index contributed by atoms with van der Waals surface area (Å²) < 4.78 is 37.6. The summed E-state index contributed by atoms with van der Waals surface area (Å²) in [5.41, 5.74) is 0. The molecule has 4 rings (SSSR count). The van der Waals surface area contributed by atoms with Crippen molar-refractivity contribution in [3.63, 3.8) is 0 Å². The Labute approximate surface area is 260 Å². The molecule has 4 heterocycles. The van der Waals surface area contributed by atoms with Gasteiger partial charge in [0.1, 0.15) is 98.2 Å². The van der Waals surface area contributed by atoms with Crippen LogP contribution in [0, 0.1) is 0 Å². The zero-order valence-corrected chi connectivity index (χ0v) is 24.0. The minimum Gasteiger partial charge on any atom is -0.412 e. The second kappa shape index (κ2) is 16.2. The molecule has 22 heteroatoms. The van der Waals surface area contributed by atoms with Crippen LogP contribution in [0.4, 0.5) is 0 Å². The molecule has 0 radical (unpaired) electrons. The van der Waals surface area contributed by atoms with Crippen LogP contribution in [-0.2, 0) is 33.2 Å². The second-order valence-electron chi connectivity index (χ2n) is 11.3. The predicted molar refractivity (Wildman–Crippen MR) is 138 cm³/mol. The van der Waals surface area contributed by atoms with Gasteiger partial charge in [0.15, 0.2) is 18.9 Å². The monoisotopic (exact) mass is 684 g/mol. The minimum atomic E-state index is -2.43. The van der Waals surface area contributed by atoms with E-state index in [2.05, 4.69) is 0 Å². The van der Waals surface area contributed by atoms with Crippen molar-refractivity contribution in [3.8, 4) is 0 Å². The molecule has 4 fully saturated rings. The molecule has 0 aromatic heterocycles. The zero-order chi connectivity index (χ0) is 33.4. The van der Waals surface area contributed by atoms with Crippen molar-refractivity contribution in [1.82, 2.24) is 0 Å². The quantitative estimate of drug-likeness (QED) is 0.0960. The Kier molecular flexibility index (Phi) is 13.9. The van der Waals surface area contributed by atoms with Crippen LogP contribution < -0.4 is 0 Å². The Hall–Kier alpha value is -0.880. The van der Waals surface area contributed by atoms with Gasteiger partial charge in [-0.15, -0.1) is 0 Å². The molecule has 0 amide bonds. The summed E-state index contributed by atoms with van der Waals surface area (Å²) in [6, 6.07) is 0. The summed E-state index contributed by atoms with van der Waals surface area (Å²) in [5, 5.41) is 141. The maximum atomic E-state index is 10.5. The average Bonchev–Trinajstić information content (AvgIpc) is 3.28. The second-order valence-corrected chi connectivity index (χ2v) is 11.3. The summed E-state index contributed by atoms with van der Waals surface area (Å²) in [5.74, 6) is -2.43. The standard InChI is InChI=1S/C24H42O21.H2O/c25-1-6-10(28)14(32)17(35)21(41-6)39-3-8-11(29)15(33)18(36)22(42-8)40-4-9-12(30)16(34)19(37)23(43-9)45-24(5-27)20(38)13(31)7(2-26)44-24;/h6-23,25-38H,1-5H2;1H2/t6-,7-,8-,9-,10+,11+,12-,13-,14+,15+,16+,17-,18-,19-,20+,21+,22+,23-,24+;/m1./s1. The van der Waals surface area contributed by atoms with Crippen molar-refractivity contribution in [2.45, 2.75) is 116 Å². The van der Waals surface area contributed by atoms with Gasteiger partial charge >= 0.3 is 0 Å². The lowest BCUT2D eigenvalue weighted by Gasteiger charge is -2.45. The highest BCUT2D eigenvalue weighted by Gasteiger charge is 2.58. The van der Waals surface area contributed by atoms with Crippen LogP contribution in [0.15, 0.2) is 0 Å². The van der Waals surface area contributed by atoms with Gasteiger partial charge in [0.25, 0.3) is 0 Å². The first-order valence-corrected chi connectivity index (χ1v) is 14.1. The smallest absolute Gasteiger partial charge is 0.224 e. The predicted octanol–water partition coefficient (Wildman–Crippen LogP) is -10.6. The van der Waals surface area contributed by atoms with Crippen molar-refractivity contribution in [2.24, 2.45) is 0 Å². The van der Waals surface area contributed by atoms with Crippen molar-refractivity contribution in [1.29, 1.82) is 0 Å². The lowest BCUT2D eigenvalue weighted by Crippen LogP contribution is -2.64. The van der Waals surface area contributed by atoms with Crippen LogP contribution in [0.2, 0.25) is 0 Å². The van der Waals surface area contributed by atoms with Gasteiger partial charge in [-0.2, -0.15) is 0 Å². The molecule has 0 aromatic rings. The molecule has 4 aliphatic rings. The highest BCUT2D eigenvalue weighted by molar-refractivity contribution is 4.99. The molecule has 272 valence electrons. The fourth-order valence-electron chi connectivity index (χ4n) is 5.39. The molecular weight excluding hydrogens is 640 g/mol. The minimum absolute atomic E-state index is 0. The number of aliphatic hydroxyl groups excluding tert-OH is 14. The van der Waals surface area contributed by atoms with Crippen LogP contribution in [0.3, 0.4) is 0 Å². The Bertz CT molecular complexity index is 932. The Morgan fingerprint density at radius 3 is 1.26 bits per heavy atom. The molecule has 0 aromatic carbocycles. The summed E-state index contributed by atoms with van der Waals surface area (Å²) in [6.45, 7) is -4.02. The molecule has 0 unspecified atom stereocenters. The fraction of sp³-hybridized carbons (Fsp3) is 1.00. The molecule has 0 spiro atoms. The highest BCUT2D eigenvalue weighted by Crippen LogP contribution is 2.36. The molecular formula is C24H44O22. The third-order valence-corrected chi connectivity index (χ3v) is 8.26. The van der Waals surface area contributed by atoms with Crippen molar-refractivity contribution in [2.75, 3.05) is 33.0 Å². The Morgan fingerprint density at radius 2 is 0.848 bits per heavy atom. The molecule has 0 aliphatic carbocycles. The van der Waals surface area contributed by atoms with Crippen LogP contribution in [0.25, 0.3) is 0 Å². The lowest BCUT2D eigenvalue weighted by atomic mass is 9.98.